The minimum Gasteiger partial charge on any atom is -0.496 e. The molecular formula is C19H18N4O2. The Kier molecular flexibility index (Phi) is 4.89. The number of benzene rings is 2. The Morgan fingerprint density at radius 2 is 2.00 bits per heavy atom. The molecule has 0 aliphatic heterocycles. The number of ether oxygens (including phenoxy) is 1. The largest absolute Gasteiger partial charge is 0.496 e. The quantitative estimate of drug-likeness (QED) is 0.427. The van der Waals surface area contributed by atoms with Crippen LogP contribution in [0, 0.1) is 0 Å². The van der Waals surface area contributed by atoms with Gasteiger partial charge in [0.15, 0.2) is 0 Å². The maximum absolute atomic E-state index is 12.6. The van der Waals surface area contributed by atoms with Gasteiger partial charge < -0.3 is 4.74 Å². The lowest BCUT2D eigenvalue weighted by Crippen LogP contribution is -2.23. The standard InChI is InChI=1S/C19H18N4O2/c1-3-12-23-18(24)15-9-5-6-10-16(15)21-19(23)22-20-13-14-8-4-7-11-17(14)25-2/h3-11,13H,1,12H2,2H3,(H,21,22)/b20-13-. The number of fused-ring (bicyclic) bond motifs is 1. The molecule has 0 fully saturated rings. The van der Waals surface area contributed by atoms with Crippen molar-refractivity contribution in [3.8, 4) is 5.75 Å². The van der Waals surface area contributed by atoms with E-state index in [2.05, 4.69) is 22.1 Å². The van der Waals surface area contributed by atoms with Gasteiger partial charge in [0.05, 0.1) is 24.2 Å². The molecule has 0 atom stereocenters. The van der Waals surface area contributed by atoms with Crippen LogP contribution in [0.1, 0.15) is 5.56 Å². The van der Waals surface area contributed by atoms with Gasteiger partial charge in [0.1, 0.15) is 5.75 Å². The van der Waals surface area contributed by atoms with Crippen molar-refractivity contribution < 1.29 is 4.74 Å². The van der Waals surface area contributed by atoms with Gasteiger partial charge in [0, 0.05) is 12.1 Å². The van der Waals surface area contributed by atoms with E-state index in [1.165, 1.54) is 4.57 Å². The van der Waals surface area contributed by atoms with Crippen LogP contribution in [0.3, 0.4) is 0 Å². The van der Waals surface area contributed by atoms with Crippen molar-refractivity contribution in [1.29, 1.82) is 0 Å². The number of hydrazone groups is 1. The van der Waals surface area contributed by atoms with Gasteiger partial charge in [-0.25, -0.2) is 10.4 Å². The van der Waals surface area contributed by atoms with Gasteiger partial charge in [0.25, 0.3) is 5.56 Å². The molecule has 6 heteroatoms. The Morgan fingerprint density at radius 1 is 1.24 bits per heavy atom. The van der Waals surface area contributed by atoms with Crippen LogP contribution in [0.5, 0.6) is 5.75 Å². The van der Waals surface area contributed by atoms with E-state index in [1.54, 1.807) is 31.5 Å². The highest BCUT2D eigenvalue weighted by Gasteiger charge is 2.09. The first-order chi connectivity index (χ1) is 12.2. The van der Waals surface area contributed by atoms with Gasteiger partial charge in [0.2, 0.25) is 5.95 Å². The van der Waals surface area contributed by atoms with Gasteiger partial charge in [-0.1, -0.05) is 30.3 Å². The normalized spacial score (nSPS) is 10.9. The fourth-order valence-electron chi connectivity index (χ4n) is 2.48. The molecule has 3 rings (SSSR count). The summed E-state index contributed by atoms with van der Waals surface area (Å²) in [6.07, 6.45) is 3.27. The number of nitrogens with zero attached hydrogens (tertiary/aromatic N) is 3. The predicted molar refractivity (Wildman–Crippen MR) is 100 cm³/mol. The highest BCUT2D eigenvalue weighted by atomic mass is 16.5. The average molecular weight is 334 g/mol. The molecule has 0 aliphatic rings. The number of methoxy groups -OCH3 is 1. The molecule has 0 saturated heterocycles. The highest BCUT2D eigenvalue weighted by Crippen LogP contribution is 2.15. The number of hydrogen-bond acceptors (Lipinski definition) is 5. The first-order valence-corrected chi connectivity index (χ1v) is 7.77. The van der Waals surface area contributed by atoms with Crippen molar-refractivity contribution in [3.05, 3.63) is 77.1 Å². The molecule has 1 N–H and O–H groups in total. The van der Waals surface area contributed by atoms with Crippen LogP contribution in [0.4, 0.5) is 5.95 Å². The summed E-state index contributed by atoms with van der Waals surface area (Å²) in [6.45, 7) is 4.04. The Hall–Kier alpha value is -3.41. The lowest BCUT2D eigenvalue weighted by Gasteiger charge is -2.10. The van der Waals surface area contributed by atoms with Crippen LogP contribution < -0.4 is 15.7 Å². The number of aromatic nitrogens is 2. The Bertz CT molecular complexity index is 992. The van der Waals surface area contributed by atoms with Crippen molar-refractivity contribution in [2.75, 3.05) is 12.5 Å². The molecule has 0 saturated carbocycles. The van der Waals surface area contributed by atoms with Gasteiger partial charge >= 0.3 is 0 Å². The number of hydrogen-bond donors (Lipinski definition) is 1. The minimum absolute atomic E-state index is 0.138. The fourth-order valence-corrected chi connectivity index (χ4v) is 2.48. The molecule has 0 spiro atoms. The zero-order valence-corrected chi connectivity index (χ0v) is 13.8. The molecule has 0 amide bonds. The van der Waals surface area contributed by atoms with E-state index in [4.69, 9.17) is 4.74 Å². The first kappa shape index (κ1) is 16.4. The van der Waals surface area contributed by atoms with Crippen LogP contribution in [-0.2, 0) is 6.54 Å². The third-order valence-electron chi connectivity index (χ3n) is 3.68. The van der Waals surface area contributed by atoms with Crippen molar-refractivity contribution in [3.63, 3.8) is 0 Å². The number of anilines is 1. The molecule has 126 valence electrons. The first-order valence-electron chi connectivity index (χ1n) is 7.77. The van der Waals surface area contributed by atoms with Crippen LogP contribution in [0.15, 0.2) is 71.1 Å². The second-order valence-corrected chi connectivity index (χ2v) is 5.27. The molecule has 25 heavy (non-hydrogen) atoms. The molecule has 0 bridgehead atoms. The van der Waals surface area contributed by atoms with Crippen LogP contribution in [0.25, 0.3) is 10.9 Å². The van der Waals surface area contributed by atoms with Crippen molar-refractivity contribution in [2.24, 2.45) is 5.10 Å². The Balaban J connectivity index is 1.97. The third-order valence-corrected chi connectivity index (χ3v) is 3.68. The van der Waals surface area contributed by atoms with Crippen molar-refractivity contribution in [1.82, 2.24) is 9.55 Å². The van der Waals surface area contributed by atoms with E-state index >= 15 is 0 Å². The number of nitrogens with one attached hydrogen (secondary N) is 1. The summed E-state index contributed by atoms with van der Waals surface area (Å²) in [4.78, 5) is 17.1. The molecule has 3 aromatic rings. The molecule has 1 aromatic heterocycles. The summed E-state index contributed by atoms with van der Waals surface area (Å²) >= 11 is 0. The van der Waals surface area contributed by atoms with Gasteiger partial charge in [-0.05, 0) is 24.3 Å². The smallest absolute Gasteiger partial charge is 0.263 e. The van der Waals surface area contributed by atoms with Gasteiger partial charge in [-0.15, -0.1) is 6.58 Å². The second-order valence-electron chi connectivity index (χ2n) is 5.27. The summed E-state index contributed by atoms with van der Waals surface area (Å²) < 4.78 is 6.78. The fraction of sp³-hybridized carbons (Fsp3) is 0.105. The SMILES string of the molecule is C=CCn1c(N/N=C\c2ccccc2OC)nc2ccccc2c1=O. The molecule has 6 nitrogen and oxygen atoms in total. The van der Waals surface area contributed by atoms with Gasteiger partial charge in [-0.2, -0.15) is 5.10 Å². The van der Waals surface area contributed by atoms with E-state index in [-0.39, 0.29) is 5.56 Å². The number of allylic oxidation sites excluding steroid dienone is 1. The molecular weight excluding hydrogens is 316 g/mol. The Morgan fingerprint density at radius 3 is 2.80 bits per heavy atom. The predicted octanol–water partition coefficient (Wildman–Crippen LogP) is 3.04. The van der Waals surface area contributed by atoms with Crippen molar-refractivity contribution >= 4 is 23.1 Å². The summed E-state index contributed by atoms with van der Waals surface area (Å²) in [6, 6.07) is 14.7. The zero-order valence-electron chi connectivity index (χ0n) is 13.8. The second kappa shape index (κ2) is 7.44. The van der Waals surface area contributed by atoms with Crippen LogP contribution in [-0.4, -0.2) is 22.9 Å². The van der Waals surface area contributed by atoms with Crippen LogP contribution in [0.2, 0.25) is 0 Å². The van der Waals surface area contributed by atoms with E-state index in [0.717, 1.165) is 5.56 Å². The number of rotatable bonds is 6. The third kappa shape index (κ3) is 3.42. The average Bonchev–Trinajstić information content (AvgIpc) is 2.65. The number of para-hydroxylation sites is 2. The van der Waals surface area contributed by atoms with E-state index < -0.39 is 0 Å². The maximum atomic E-state index is 12.6. The summed E-state index contributed by atoms with van der Waals surface area (Å²) in [5.74, 6) is 1.07. The highest BCUT2D eigenvalue weighted by molar-refractivity contribution is 5.84. The summed E-state index contributed by atoms with van der Waals surface area (Å²) in [5.41, 5.74) is 4.14. The van der Waals surface area contributed by atoms with Crippen LogP contribution >= 0.6 is 0 Å². The van der Waals surface area contributed by atoms with E-state index in [0.29, 0.717) is 29.1 Å². The molecule has 0 radical (unpaired) electrons. The molecule has 0 unspecified atom stereocenters. The zero-order chi connectivity index (χ0) is 17.6. The monoisotopic (exact) mass is 334 g/mol. The maximum Gasteiger partial charge on any atom is 0.263 e. The van der Waals surface area contributed by atoms with Gasteiger partial charge in [-0.3, -0.25) is 9.36 Å². The molecule has 2 aromatic carbocycles. The summed E-state index contributed by atoms with van der Waals surface area (Å²) in [5, 5.41) is 4.76. The van der Waals surface area contributed by atoms with E-state index in [9.17, 15) is 4.79 Å². The lowest BCUT2D eigenvalue weighted by molar-refractivity contribution is 0.414. The lowest BCUT2D eigenvalue weighted by atomic mass is 10.2. The van der Waals surface area contributed by atoms with E-state index in [1.807, 2.05) is 36.4 Å². The molecule has 1 heterocycles. The summed E-state index contributed by atoms with van der Waals surface area (Å²) in [7, 11) is 1.60. The topological polar surface area (TPSA) is 68.5 Å². The molecule has 0 aliphatic carbocycles. The Labute approximate surface area is 145 Å². The minimum atomic E-state index is -0.138. The van der Waals surface area contributed by atoms with Crippen molar-refractivity contribution in [2.45, 2.75) is 6.54 Å².